The van der Waals surface area contributed by atoms with Crippen LogP contribution in [0.2, 0.25) is 0 Å². The van der Waals surface area contributed by atoms with Crippen molar-refractivity contribution in [1.29, 1.82) is 0 Å². The summed E-state index contributed by atoms with van der Waals surface area (Å²) in [5, 5.41) is 4.12. The topological polar surface area (TPSA) is 118 Å². The maximum absolute atomic E-state index is 13.0. The van der Waals surface area contributed by atoms with Gasteiger partial charge in [-0.25, -0.2) is 14.4 Å². The van der Waals surface area contributed by atoms with Crippen molar-refractivity contribution in [3.05, 3.63) is 78.5 Å². The van der Waals surface area contributed by atoms with Gasteiger partial charge >= 0.3 is 0 Å². The molecule has 0 radical (unpaired) electrons. The number of para-hydroxylation sites is 1. The Kier molecular flexibility index (Phi) is 4.85. The van der Waals surface area contributed by atoms with E-state index in [2.05, 4.69) is 31.1 Å². The van der Waals surface area contributed by atoms with E-state index in [1.54, 1.807) is 6.20 Å². The Morgan fingerprint density at radius 2 is 1.69 bits per heavy atom. The number of nitrogens with zero attached hydrogens (tertiary/aromatic N) is 3. The van der Waals surface area contributed by atoms with Gasteiger partial charge in [0.05, 0.1) is 11.2 Å². The minimum atomic E-state index is -0.462. The molecule has 144 valence electrons. The average Bonchev–Trinajstić information content (AvgIpc) is 2.75. The van der Waals surface area contributed by atoms with Crippen LogP contribution in [0.25, 0.3) is 10.9 Å². The predicted molar refractivity (Wildman–Crippen MR) is 109 cm³/mol. The highest BCUT2D eigenvalue weighted by Crippen LogP contribution is 2.28. The first-order valence-corrected chi connectivity index (χ1v) is 8.65. The maximum atomic E-state index is 13.0. The molecule has 0 bridgehead atoms. The molecule has 0 aliphatic rings. The van der Waals surface area contributed by atoms with Crippen LogP contribution in [0.5, 0.6) is 0 Å². The lowest BCUT2D eigenvalue weighted by atomic mass is 10.2. The van der Waals surface area contributed by atoms with E-state index in [1.165, 1.54) is 30.6 Å². The summed E-state index contributed by atoms with van der Waals surface area (Å²) in [7, 11) is 0. The van der Waals surface area contributed by atoms with Gasteiger partial charge in [0.15, 0.2) is 11.6 Å². The molecule has 0 unspecified atom stereocenters. The van der Waals surface area contributed by atoms with E-state index >= 15 is 0 Å². The zero-order valence-electron chi connectivity index (χ0n) is 15.1. The van der Waals surface area contributed by atoms with Gasteiger partial charge in [-0.3, -0.25) is 20.6 Å². The largest absolute Gasteiger partial charge is 0.393 e. The zero-order valence-corrected chi connectivity index (χ0v) is 15.1. The van der Waals surface area contributed by atoms with E-state index in [1.807, 2.05) is 30.3 Å². The second-order valence-electron chi connectivity index (χ2n) is 6.08. The number of carbonyl (C=O) groups is 1. The van der Waals surface area contributed by atoms with Crippen molar-refractivity contribution < 1.29 is 9.18 Å². The van der Waals surface area contributed by atoms with Crippen molar-refractivity contribution in [2.24, 2.45) is 0 Å². The number of anilines is 4. The van der Waals surface area contributed by atoms with Crippen LogP contribution in [-0.2, 0) is 0 Å². The predicted octanol–water partition coefficient (Wildman–Crippen LogP) is 3.25. The first-order valence-electron chi connectivity index (χ1n) is 8.65. The molecule has 8 nitrogen and oxygen atoms in total. The van der Waals surface area contributed by atoms with Gasteiger partial charge in [0.25, 0.3) is 5.91 Å². The lowest BCUT2D eigenvalue weighted by Crippen LogP contribution is -2.30. The van der Waals surface area contributed by atoms with Crippen molar-refractivity contribution in [3.8, 4) is 0 Å². The Bertz CT molecular complexity index is 1180. The van der Waals surface area contributed by atoms with E-state index in [0.29, 0.717) is 5.82 Å². The monoisotopic (exact) mass is 389 g/mol. The van der Waals surface area contributed by atoms with Crippen molar-refractivity contribution in [3.63, 3.8) is 0 Å². The number of hydrogen-bond donors (Lipinski definition) is 4. The number of benzene rings is 2. The van der Waals surface area contributed by atoms with E-state index in [0.717, 1.165) is 16.6 Å². The number of pyridine rings is 1. The summed E-state index contributed by atoms with van der Waals surface area (Å²) in [4.78, 5) is 24.8. The van der Waals surface area contributed by atoms with Crippen molar-refractivity contribution in [1.82, 2.24) is 20.4 Å². The fraction of sp³-hybridized carbons (Fsp3) is 0. The van der Waals surface area contributed by atoms with Gasteiger partial charge < -0.3 is 11.1 Å². The number of aromatic nitrogens is 3. The van der Waals surface area contributed by atoms with Crippen LogP contribution in [-0.4, -0.2) is 20.9 Å². The third kappa shape index (κ3) is 3.88. The molecule has 4 aromatic rings. The third-order valence-corrected chi connectivity index (χ3v) is 4.17. The fourth-order valence-corrected chi connectivity index (χ4v) is 2.72. The van der Waals surface area contributed by atoms with Crippen LogP contribution in [0, 0.1) is 5.82 Å². The summed E-state index contributed by atoms with van der Waals surface area (Å²) in [5.74, 6) is -0.313. The summed E-state index contributed by atoms with van der Waals surface area (Å²) in [6.07, 6.45) is 3.01. The van der Waals surface area contributed by atoms with Gasteiger partial charge in [0.1, 0.15) is 17.8 Å². The Labute approximate surface area is 165 Å². The van der Waals surface area contributed by atoms with E-state index in [4.69, 9.17) is 5.73 Å². The first kappa shape index (κ1) is 18.1. The summed E-state index contributed by atoms with van der Waals surface area (Å²) in [5.41, 5.74) is 13.3. The molecule has 0 saturated carbocycles. The van der Waals surface area contributed by atoms with E-state index in [-0.39, 0.29) is 17.1 Å². The fourth-order valence-electron chi connectivity index (χ4n) is 2.72. The Balaban J connectivity index is 1.53. The second kappa shape index (κ2) is 7.77. The summed E-state index contributed by atoms with van der Waals surface area (Å²) in [6, 6.07) is 14.7. The Hall–Kier alpha value is -4.27. The minimum Gasteiger partial charge on any atom is -0.393 e. The quantitative estimate of drug-likeness (QED) is 0.387. The lowest BCUT2D eigenvalue weighted by molar-refractivity contribution is 0.0962. The SMILES string of the molecule is Nc1c(NNC(=O)c2ccc(F)cc2)ncnc1Nc1cccc2cccnc12. The number of nitrogens with two attached hydrogens (primary N) is 1. The van der Waals surface area contributed by atoms with Crippen LogP contribution in [0.1, 0.15) is 10.4 Å². The number of hydrogen-bond acceptors (Lipinski definition) is 7. The second-order valence-corrected chi connectivity index (χ2v) is 6.08. The molecule has 2 aromatic heterocycles. The van der Waals surface area contributed by atoms with Crippen molar-refractivity contribution >= 4 is 39.8 Å². The van der Waals surface area contributed by atoms with Crippen LogP contribution in [0.15, 0.2) is 67.1 Å². The molecule has 0 atom stereocenters. The Morgan fingerprint density at radius 1 is 0.931 bits per heavy atom. The van der Waals surface area contributed by atoms with Crippen LogP contribution in [0.4, 0.5) is 27.4 Å². The number of amides is 1. The third-order valence-electron chi connectivity index (χ3n) is 4.17. The molecule has 0 aliphatic carbocycles. The smallest absolute Gasteiger partial charge is 0.269 e. The molecule has 2 aromatic carbocycles. The molecule has 4 rings (SSSR count). The van der Waals surface area contributed by atoms with E-state index in [9.17, 15) is 9.18 Å². The van der Waals surface area contributed by atoms with Crippen LogP contribution in [0.3, 0.4) is 0 Å². The number of nitrogens with one attached hydrogen (secondary N) is 3. The molecule has 0 spiro atoms. The van der Waals surface area contributed by atoms with Gasteiger partial charge in [0, 0.05) is 17.1 Å². The number of rotatable bonds is 5. The molecule has 0 aliphatic heterocycles. The summed E-state index contributed by atoms with van der Waals surface area (Å²) >= 11 is 0. The first-order chi connectivity index (χ1) is 14.1. The minimum absolute atomic E-state index is 0.208. The van der Waals surface area contributed by atoms with Gasteiger partial charge in [-0.05, 0) is 36.4 Å². The highest BCUT2D eigenvalue weighted by atomic mass is 19.1. The Morgan fingerprint density at radius 3 is 2.52 bits per heavy atom. The molecular formula is C20H16FN7O. The molecule has 5 N–H and O–H groups in total. The molecule has 2 heterocycles. The summed E-state index contributed by atoms with van der Waals surface area (Å²) in [6.45, 7) is 0. The van der Waals surface area contributed by atoms with Gasteiger partial charge in [0.2, 0.25) is 0 Å². The van der Waals surface area contributed by atoms with Crippen LogP contribution < -0.4 is 21.9 Å². The number of halogens is 1. The van der Waals surface area contributed by atoms with E-state index < -0.39 is 11.7 Å². The zero-order chi connectivity index (χ0) is 20.2. The normalized spacial score (nSPS) is 10.5. The lowest BCUT2D eigenvalue weighted by Gasteiger charge is -2.14. The number of carbonyl (C=O) groups excluding carboxylic acids is 1. The average molecular weight is 389 g/mol. The summed E-state index contributed by atoms with van der Waals surface area (Å²) < 4.78 is 13.0. The number of nitrogen functional groups attached to an aromatic ring is 1. The molecule has 9 heteroatoms. The highest BCUT2D eigenvalue weighted by molar-refractivity contribution is 5.96. The number of hydrazine groups is 1. The van der Waals surface area contributed by atoms with Crippen LogP contribution >= 0.6 is 0 Å². The van der Waals surface area contributed by atoms with Gasteiger partial charge in [-0.1, -0.05) is 18.2 Å². The van der Waals surface area contributed by atoms with Crippen molar-refractivity contribution in [2.45, 2.75) is 0 Å². The molecule has 0 fully saturated rings. The van der Waals surface area contributed by atoms with Gasteiger partial charge in [-0.2, -0.15) is 0 Å². The molecule has 1 amide bonds. The molecular weight excluding hydrogens is 373 g/mol. The standard InChI is InChI=1S/C20H16FN7O/c21-14-8-6-13(7-9-14)20(29)28-27-19-16(22)18(24-11-25-19)26-15-5-1-3-12-4-2-10-23-17(12)15/h1-11H,22H2,(H,28,29)(H2,24,25,26,27). The number of fused-ring (bicyclic) bond motifs is 1. The van der Waals surface area contributed by atoms with Crippen molar-refractivity contribution in [2.75, 3.05) is 16.5 Å². The highest BCUT2D eigenvalue weighted by Gasteiger charge is 2.12. The molecule has 29 heavy (non-hydrogen) atoms. The molecule has 0 saturated heterocycles. The van der Waals surface area contributed by atoms with Gasteiger partial charge in [-0.15, -0.1) is 0 Å². The maximum Gasteiger partial charge on any atom is 0.269 e.